The molecule has 1 unspecified atom stereocenters. The summed E-state index contributed by atoms with van der Waals surface area (Å²) in [6.45, 7) is 13.6. The maximum absolute atomic E-state index is 5.56. The summed E-state index contributed by atoms with van der Waals surface area (Å²) < 4.78 is 5.56. The molecule has 0 fully saturated rings. The molecule has 4 heteroatoms. The number of thioether (sulfide) groups is 1. The Morgan fingerprint density at radius 2 is 2.00 bits per heavy atom. The lowest BCUT2D eigenvalue weighted by atomic mass is 9.84. The van der Waals surface area contributed by atoms with Crippen LogP contribution in [0.25, 0.3) is 0 Å². The molecular formula is C15H30N2OS. The molecule has 0 radical (unpaired) electrons. The minimum atomic E-state index is 0.363. The standard InChI is InChI=1S/C15H30N2OS/c1-6-15(7-2)10-16-14(19-11-15)17-13(12(4)5)9-18-8-3/h12-13H,6-11H2,1-5H3,(H,16,17). The second kappa shape index (κ2) is 8.15. The van der Waals surface area contributed by atoms with Crippen molar-refractivity contribution in [3.05, 3.63) is 0 Å². The smallest absolute Gasteiger partial charge is 0.156 e. The van der Waals surface area contributed by atoms with E-state index in [-0.39, 0.29) is 0 Å². The highest BCUT2D eigenvalue weighted by atomic mass is 32.2. The summed E-state index contributed by atoms with van der Waals surface area (Å²) in [5.74, 6) is 1.74. The van der Waals surface area contributed by atoms with Crippen LogP contribution in [0.1, 0.15) is 47.5 Å². The molecule has 19 heavy (non-hydrogen) atoms. The Labute approximate surface area is 123 Å². The number of hydrogen-bond donors (Lipinski definition) is 1. The minimum Gasteiger partial charge on any atom is -0.380 e. The molecule has 3 nitrogen and oxygen atoms in total. The maximum atomic E-state index is 5.56. The fourth-order valence-electron chi connectivity index (χ4n) is 2.12. The highest BCUT2D eigenvalue weighted by molar-refractivity contribution is 8.13. The Kier molecular flexibility index (Phi) is 7.22. The van der Waals surface area contributed by atoms with Gasteiger partial charge in [-0.2, -0.15) is 0 Å². The summed E-state index contributed by atoms with van der Waals surface area (Å²) in [6.07, 6.45) is 2.44. The summed E-state index contributed by atoms with van der Waals surface area (Å²) in [4.78, 5) is 4.77. The van der Waals surface area contributed by atoms with Gasteiger partial charge < -0.3 is 10.1 Å². The maximum Gasteiger partial charge on any atom is 0.156 e. The summed E-state index contributed by atoms with van der Waals surface area (Å²) in [5.41, 5.74) is 0.420. The first kappa shape index (κ1) is 16.8. The molecule has 0 aromatic carbocycles. The molecule has 1 aliphatic heterocycles. The van der Waals surface area contributed by atoms with E-state index in [2.05, 4.69) is 33.0 Å². The van der Waals surface area contributed by atoms with Gasteiger partial charge in [0.25, 0.3) is 0 Å². The van der Waals surface area contributed by atoms with Crippen molar-refractivity contribution < 1.29 is 4.74 Å². The van der Waals surface area contributed by atoms with Gasteiger partial charge in [0.2, 0.25) is 0 Å². The van der Waals surface area contributed by atoms with Crippen molar-refractivity contribution in [1.82, 2.24) is 5.32 Å². The molecule has 0 amide bonds. The van der Waals surface area contributed by atoms with E-state index in [4.69, 9.17) is 9.73 Å². The van der Waals surface area contributed by atoms with Gasteiger partial charge in [0.05, 0.1) is 12.6 Å². The molecule has 112 valence electrons. The second-order valence-corrected chi connectivity index (χ2v) is 6.74. The quantitative estimate of drug-likeness (QED) is 0.777. The van der Waals surface area contributed by atoms with Gasteiger partial charge in [0.15, 0.2) is 5.17 Å². The molecule has 1 atom stereocenters. The van der Waals surface area contributed by atoms with Crippen LogP contribution in [-0.4, -0.2) is 36.7 Å². The summed E-state index contributed by atoms with van der Waals surface area (Å²) >= 11 is 1.88. The molecule has 0 aliphatic carbocycles. The van der Waals surface area contributed by atoms with Crippen LogP contribution in [-0.2, 0) is 4.74 Å². The monoisotopic (exact) mass is 286 g/mol. The van der Waals surface area contributed by atoms with Crippen LogP contribution < -0.4 is 5.32 Å². The number of nitrogens with one attached hydrogen (secondary N) is 1. The van der Waals surface area contributed by atoms with Crippen molar-refractivity contribution in [3.63, 3.8) is 0 Å². The van der Waals surface area contributed by atoms with Crippen LogP contribution in [0.15, 0.2) is 4.99 Å². The largest absolute Gasteiger partial charge is 0.380 e. The van der Waals surface area contributed by atoms with Crippen LogP contribution >= 0.6 is 11.8 Å². The van der Waals surface area contributed by atoms with E-state index < -0.39 is 0 Å². The normalized spacial score (nSPS) is 20.2. The van der Waals surface area contributed by atoms with Crippen molar-refractivity contribution >= 4 is 16.9 Å². The number of aliphatic imine (C=N–C) groups is 1. The third-order valence-corrected chi connectivity index (χ3v) is 5.47. The molecule has 1 N–H and O–H groups in total. The van der Waals surface area contributed by atoms with E-state index in [1.54, 1.807) is 0 Å². The first-order valence-electron chi connectivity index (χ1n) is 7.58. The average Bonchev–Trinajstić information content (AvgIpc) is 2.44. The second-order valence-electron chi connectivity index (χ2n) is 5.77. The van der Waals surface area contributed by atoms with E-state index in [9.17, 15) is 0 Å². The Hall–Kier alpha value is -0.220. The molecular weight excluding hydrogens is 256 g/mol. The van der Waals surface area contributed by atoms with Gasteiger partial charge >= 0.3 is 0 Å². The first-order chi connectivity index (χ1) is 9.06. The van der Waals surface area contributed by atoms with E-state index in [0.717, 1.165) is 24.9 Å². The number of amidine groups is 1. The van der Waals surface area contributed by atoms with E-state index in [1.165, 1.54) is 18.6 Å². The van der Waals surface area contributed by atoms with Crippen molar-refractivity contribution in [2.24, 2.45) is 16.3 Å². The van der Waals surface area contributed by atoms with Gasteiger partial charge in [-0.3, -0.25) is 4.99 Å². The number of ether oxygens (including phenoxy) is 1. The summed E-state index contributed by atoms with van der Waals surface area (Å²) in [5, 5.41) is 4.67. The van der Waals surface area contributed by atoms with Crippen LogP contribution in [0.4, 0.5) is 0 Å². The molecule has 0 spiro atoms. The zero-order valence-corrected chi connectivity index (χ0v) is 14.0. The van der Waals surface area contributed by atoms with Crippen LogP contribution in [0.3, 0.4) is 0 Å². The lowest BCUT2D eigenvalue weighted by molar-refractivity contribution is 0.115. The molecule has 0 bridgehead atoms. The topological polar surface area (TPSA) is 33.6 Å². The first-order valence-corrected chi connectivity index (χ1v) is 8.57. The number of hydrogen-bond acceptors (Lipinski definition) is 4. The molecule has 0 aromatic heterocycles. The zero-order valence-electron chi connectivity index (χ0n) is 13.2. The van der Waals surface area contributed by atoms with Gasteiger partial charge in [-0.25, -0.2) is 0 Å². The third-order valence-electron chi connectivity index (χ3n) is 4.19. The SMILES string of the molecule is CCOCC(NC1=NCC(CC)(CC)CS1)C(C)C. The Morgan fingerprint density at radius 1 is 1.32 bits per heavy atom. The van der Waals surface area contributed by atoms with Crippen LogP contribution in [0, 0.1) is 11.3 Å². The Bertz CT molecular complexity index is 288. The highest BCUT2D eigenvalue weighted by Gasteiger charge is 2.30. The van der Waals surface area contributed by atoms with E-state index in [1.807, 2.05) is 18.7 Å². The predicted octanol–water partition coefficient (Wildman–Crippen LogP) is 3.55. The van der Waals surface area contributed by atoms with Gasteiger partial charge in [-0.1, -0.05) is 39.5 Å². The molecule has 1 rings (SSSR count). The molecule has 1 aliphatic rings. The molecule has 0 saturated carbocycles. The fraction of sp³-hybridized carbons (Fsp3) is 0.933. The van der Waals surface area contributed by atoms with Crippen LogP contribution in [0.5, 0.6) is 0 Å². The Morgan fingerprint density at radius 3 is 2.42 bits per heavy atom. The number of nitrogens with zero attached hydrogens (tertiary/aromatic N) is 1. The predicted molar refractivity (Wildman–Crippen MR) is 86.0 cm³/mol. The van der Waals surface area contributed by atoms with Crippen molar-refractivity contribution in [1.29, 1.82) is 0 Å². The Balaban J connectivity index is 2.55. The molecule has 1 heterocycles. The van der Waals surface area contributed by atoms with Crippen molar-refractivity contribution in [2.75, 3.05) is 25.5 Å². The lowest BCUT2D eigenvalue weighted by Crippen LogP contribution is -2.43. The van der Waals surface area contributed by atoms with Crippen LogP contribution in [0.2, 0.25) is 0 Å². The average molecular weight is 286 g/mol. The zero-order chi connectivity index (χ0) is 14.3. The van der Waals surface area contributed by atoms with Gasteiger partial charge in [0.1, 0.15) is 0 Å². The third kappa shape index (κ3) is 4.99. The van der Waals surface area contributed by atoms with E-state index in [0.29, 0.717) is 17.4 Å². The molecule has 0 aromatic rings. The van der Waals surface area contributed by atoms with E-state index >= 15 is 0 Å². The summed E-state index contributed by atoms with van der Waals surface area (Å²) in [7, 11) is 0. The number of rotatable bonds is 7. The minimum absolute atomic E-state index is 0.363. The highest BCUT2D eigenvalue weighted by Crippen LogP contribution is 2.34. The fourth-order valence-corrected chi connectivity index (χ4v) is 3.45. The van der Waals surface area contributed by atoms with Gasteiger partial charge in [0, 0.05) is 18.9 Å². The lowest BCUT2D eigenvalue weighted by Gasteiger charge is -2.34. The summed E-state index contributed by atoms with van der Waals surface area (Å²) in [6, 6.07) is 0.363. The van der Waals surface area contributed by atoms with Gasteiger partial charge in [-0.05, 0) is 31.1 Å². The van der Waals surface area contributed by atoms with Gasteiger partial charge in [-0.15, -0.1) is 0 Å². The van der Waals surface area contributed by atoms with Crippen molar-refractivity contribution in [3.8, 4) is 0 Å². The molecule has 0 saturated heterocycles. The van der Waals surface area contributed by atoms with Crippen molar-refractivity contribution in [2.45, 2.75) is 53.5 Å².